The molecule has 0 aliphatic rings. The fraction of sp³-hybridized carbons (Fsp3) is 0.294. The number of carbonyl (C=O) groups is 1. The number of ether oxygens (including phenoxy) is 2. The van der Waals surface area contributed by atoms with Crippen LogP contribution >= 0.6 is 0 Å². The van der Waals surface area contributed by atoms with E-state index in [1.807, 2.05) is 30.3 Å². The molecule has 1 heterocycles. The molecule has 5 nitrogen and oxygen atoms in total. The van der Waals surface area contributed by atoms with E-state index in [2.05, 4.69) is 10.3 Å². The number of methoxy groups -OCH3 is 1. The topological polar surface area (TPSA) is 60.5 Å². The Kier molecular flexibility index (Phi) is 6.54. The van der Waals surface area contributed by atoms with Gasteiger partial charge in [-0.2, -0.15) is 0 Å². The Morgan fingerprint density at radius 3 is 2.77 bits per heavy atom. The van der Waals surface area contributed by atoms with Crippen molar-refractivity contribution in [3.63, 3.8) is 0 Å². The molecule has 5 heteroatoms. The molecule has 1 N–H and O–H groups in total. The first kappa shape index (κ1) is 16.1. The number of amides is 1. The summed E-state index contributed by atoms with van der Waals surface area (Å²) in [6, 6.07) is 13.4. The van der Waals surface area contributed by atoms with Gasteiger partial charge in [0.2, 0.25) is 0 Å². The third kappa shape index (κ3) is 5.27. The molecule has 0 saturated carbocycles. The van der Waals surface area contributed by atoms with E-state index in [1.165, 1.54) is 0 Å². The summed E-state index contributed by atoms with van der Waals surface area (Å²) < 4.78 is 10.5. The number of carbonyl (C=O) groups excluding carboxylic acids is 1. The smallest absolute Gasteiger partial charge is 0.251 e. The summed E-state index contributed by atoms with van der Waals surface area (Å²) in [6.45, 7) is 1.86. The van der Waals surface area contributed by atoms with Crippen molar-refractivity contribution in [3.8, 4) is 0 Å². The summed E-state index contributed by atoms with van der Waals surface area (Å²) in [6.07, 6.45) is 1.62. The van der Waals surface area contributed by atoms with Crippen LogP contribution in [0.5, 0.6) is 0 Å². The monoisotopic (exact) mass is 300 g/mol. The highest BCUT2D eigenvalue weighted by molar-refractivity contribution is 5.94. The molecule has 22 heavy (non-hydrogen) atoms. The zero-order valence-electron chi connectivity index (χ0n) is 12.6. The zero-order valence-corrected chi connectivity index (χ0v) is 12.6. The van der Waals surface area contributed by atoms with Gasteiger partial charge in [0, 0.05) is 25.4 Å². The van der Waals surface area contributed by atoms with Crippen LogP contribution in [0.2, 0.25) is 0 Å². The summed E-state index contributed by atoms with van der Waals surface area (Å²) >= 11 is 0. The molecule has 0 spiro atoms. The molecular formula is C17H20N2O3. The highest BCUT2D eigenvalue weighted by Gasteiger charge is 2.06. The lowest BCUT2D eigenvalue weighted by Gasteiger charge is -2.07. The van der Waals surface area contributed by atoms with Crippen LogP contribution in [0.1, 0.15) is 21.6 Å². The third-order valence-electron chi connectivity index (χ3n) is 3.03. The average molecular weight is 300 g/mol. The highest BCUT2D eigenvalue weighted by atomic mass is 16.5. The molecule has 0 bridgehead atoms. The van der Waals surface area contributed by atoms with Crippen LogP contribution in [0.25, 0.3) is 0 Å². The van der Waals surface area contributed by atoms with E-state index in [-0.39, 0.29) is 5.91 Å². The highest BCUT2D eigenvalue weighted by Crippen LogP contribution is 2.06. The fourth-order valence-electron chi connectivity index (χ4n) is 1.91. The van der Waals surface area contributed by atoms with Crippen molar-refractivity contribution in [1.29, 1.82) is 0 Å². The molecule has 2 aromatic rings. The van der Waals surface area contributed by atoms with Gasteiger partial charge in [0.1, 0.15) is 0 Å². The number of benzene rings is 1. The average Bonchev–Trinajstić information content (AvgIpc) is 2.56. The van der Waals surface area contributed by atoms with Gasteiger partial charge in [-0.1, -0.05) is 30.3 Å². The van der Waals surface area contributed by atoms with Crippen molar-refractivity contribution in [1.82, 2.24) is 10.3 Å². The molecule has 0 aliphatic heterocycles. The predicted octanol–water partition coefficient (Wildman–Crippen LogP) is 2.17. The molecule has 0 unspecified atom stereocenters. The molecule has 0 radical (unpaired) electrons. The summed E-state index contributed by atoms with van der Waals surface area (Å²) in [4.78, 5) is 16.2. The first-order chi connectivity index (χ1) is 10.8. The standard InChI is InChI=1S/C17H20N2O3/c1-21-10-9-19-17(20)15-7-8-18-16(11-15)13-22-12-14-5-3-2-4-6-14/h2-8,11H,9-10,12-13H2,1H3,(H,19,20). The van der Waals surface area contributed by atoms with Gasteiger partial charge >= 0.3 is 0 Å². The number of aromatic nitrogens is 1. The van der Waals surface area contributed by atoms with Crippen LogP contribution < -0.4 is 5.32 Å². The van der Waals surface area contributed by atoms with Crippen LogP contribution in [0.4, 0.5) is 0 Å². The second-order valence-corrected chi connectivity index (χ2v) is 4.76. The number of pyridine rings is 1. The van der Waals surface area contributed by atoms with E-state index < -0.39 is 0 Å². The number of hydrogen-bond donors (Lipinski definition) is 1. The molecule has 0 saturated heterocycles. The number of rotatable bonds is 8. The van der Waals surface area contributed by atoms with Gasteiger partial charge < -0.3 is 14.8 Å². The Morgan fingerprint density at radius 2 is 2.00 bits per heavy atom. The number of nitrogens with zero attached hydrogens (tertiary/aromatic N) is 1. The van der Waals surface area contributed by atoms with Crippen LogP contribution in [0, 0.1) is 0 Å². The molecule has 1 amide bonds. The summed E-state index contributed by atoms with van der Waals surface area (Å²) in [7, 11) is 1.60. The fourth-order valence-corrected chi connectivity index (χ4v) is 1.91. The van der Waals surface area contributed by atoms with E-state index in [4.69, 9.17) is 9.47 Å². The van der Waals surface area contributed by atoms with Gasteiger partial charge in [-0.3, -0.25) is 9.78 Å². The predicted molar refractivity (Wildman–Crippen MR) is 83.4 cm³/mol. The molecule has 116 valence electrons. The first-order valence-corrected chi connectivity index (χ1v) is 7.13. The second kappa shape index (κ2) is 8.92. The lowest BCUT2D eigenvalue weighted by Crippen LogP contribution is -2.27. The van der Waals surface area contributed by atoms with Gasteiger partial charge in [-0.15, -0.1) is 0 Å². The second-order valence-electron chi connectivity index (χ2n) is 4.76. The normalized spacial score (nSPS) is 10.4. The Hall–Kier alpha value is -2.24. The number of hydrogen-bond acceptors (Lipinski definition) is 4. The van der Waals surface area contributed by atoms with Crippen molar-refractivity contribution >= 4 is 5.91 Å². The summed E-state index contributed by atoms with van der Waals surface area (Å²) in [5.41, 5.74) is 2.41. The Bertz CT molecular complexity index is 587. The van der Waals surface area contributed by atoms with E-state index in [0.717, 1.165) is 11.3 Å². The van der Waals surface area contributed by atoms with Gasteiger partial charge in [0.15, 0.2) is 0 Å². The van der Waals surface area contributed by atoms with Gasteiger partial charge in [0.25, 0.3) is 5.91 Å². The van der Waals surface area contributed by atoms with Gasteiger partial charge in [-0.05, 0) is 17.7 Å². The quantitative estimate of drug-likeness (QED) is 0.759. The number of nitrogens with one attached hydrogen (secondary N) is 1. The van der Waals surface area contributed by atoms with E-state index in [9.17, 15) is 4.79 Å². The van der Waals surface area contributed by atoms with Gasteiger partial charge in [0.05, 0.1) is 25.5 Å². The molecule has 0 aliphatic carbocycles. The molecule has 2 rings (SSSR count). The van der Waals surface area contributed by atoms with Crippen LogP contribution in [0.15, 0.2) is 48.7 Å². The lowest BCUT2D eigenvalue weighted by molar-refractivity contribution is 0.0934. The lowest BCUT2D eigenvalue weighted by atomic mass is 10.2. The van der Waals surface area contributed by atoms with Crippen LogP contribution in [-0.4, -0.2) is 31.2 Å². The zero-order chi connectivity index (χ0) is 15.6. The van der Waals surface area contributed by atoms with Crippen molar-refractivity contribution < 1.29 is 14.3 Å². The molecule has 0 fully saturated rings. The molecular weight excluding hydrogens is 280 g/mol. The maximum atomic E-state index is 11.9. The van der Waals surface area contributed by atoms with E-state index in [1.54, 1.807) is 25.4 Å². The van der Waals surface area contributed by atoms with Gasteiger partial charge in [-0.25, -0.2) is 0 Å². The molecule has 1 aromatic carbocycles. The van der Waals surface area contributed by atoms with Crippen molar-refractivity contribution in [2.24, 2.45) is 0 Å². The van der Waals surface area contributed by atoms with E-state index in [0.29, 0.717) is 31.9 Å². The van der Waals surface area contributed by atoms with Crippen LogP contribution in [0.3, 0.4) is 0 Å². The summed E-state index contributed by atoms with van der Waals surface area (Å²) in [5, 5.41) is 2.78. The molecule has 1 aromatic heterocycles. The third-order valence-corrected chi connectivity index (χ3v) is 3.03. The Balaban J connectivity index is 1.84. The van der Waals surface area contributed by atoms with Crippen molar-refractivity contribution in [2.75, 3.05) is 20.3 Å². The Labute approximate surface area is 130 Å². The minimum Gasteiger partial charge on any atom is -0.383 e. The maximum Gasteiger partial charge on any atom is 0.251 e. The van der Waals surface area contributed by atoms with E-state index >= 15 is 0 Å². The van der Waals surface area contributed by atoms with Crippen molar-refractivity contribution in [2.45, 2.75) is 13.2 Å². The summed E-state index contributed by atoms with van der Waals surface area (Å²) in [5.74, 6) is -0.135. The largest absolute Gasteiger partial charge is 0.383 e. The van der Waals surface area contributed by atoms with Crippen molar-refractivity contribution in [3.05, 3.63) is 65.5 Å². The maximum absolute atomic E-state index is 11.9. The first-order valence-electron chi connectivity index (χ1n) is 7.13. The molecule has 0 atom stereocenters. The SMILES string of the molecule is COCCNC(=O)c1ccnc(COCc2ccccc2)c1. The minimum absolute atomic E-state index is 0.135. The Morgan fingerprint density at radius 1 is 1.18 bits per heavy atom. The minimum atomic E-state index is -0.135. The van der Waals surface area contributed by atoms with Crippen LogP contribution in [-0.2, 0) is 22.7 Å².